The van der Waals surface area contributed by atoms with Gasteiger partial charge in [-0.25, -0.2) is 4.79 Å². The molecular weight excluding hydrogens is 395 g/mol. The third kappa shape index (κ3) is 7.06. The fourth-order valence-electron chi connectivity index (χ4n) is 3.89. The highest BCUT2D eigenvalue weighted by molar-refractivity contribution is 5.76. The first-order chi connectivity index (χ1) is 14.2. The molecule has 8 heteroatoms. The number of rotatable bonds is 4. The van der Waals surface area contributed by atoms with Crippen molar-refractivity contribution in [3.63, 3.8) is 0 Å². The first-order valence-corrected chi connectivity index (χ1v) is 10.2. The number of piperidine rings is 1. The first kappa shape index (κ1) is 23.7. The molecule has 0 amide bonds. The molecule has 0 radical (unpaired) electrons. The highest BCUT2D eigenvalue weighted by Gasteiger charge is 2.38. The Bertz CT molecular complexity index is 792. The molecule has 3 N–H and O–H groups in total. The molecule has 1 aliphatic heterocycles. The van der Waals surface area contributed by atoms with Gasteiger partial charge >= 0.3 is 12.1 Å². The smallest absolute Gasteiger partial charge is 0.475 e. The molecule has 5 nitrogen and oxygen atoms in total. The van der Waals surface area contributed by atoms with Gasteiger partial charge in [-0.15, -0.1) is 0 Å². The standard InChI is InChI=1S/C20H27N3.C2HF3O2/c21-11-4-12-23-13-9-16(10-14-23)18-7-8-20(22)19(15-18)17-5-2-1-3-6-17;3-2(4,5)1(6)7/h5,7-8,15-16H,1-4,6,9-10,12-14,22H2;(H,6,7). The number of allylic oxidation sites excluding steroid dienone is 2. The van der Waals surface area contributed by atoms with Gasteiger partial charge in [0.05, 0.1) is 6.07 Å². The van der Waals surface area contributed by atoms with Gasteiger partial charge in [-0.1, -0.05) is 12.1 Å². The summed E-state index contributed by atoms with van der Waals surface area (Å²) >= 11 is 0. The van der Waals surface area contributed by atoms with E-state index in [1.807, 2.05) is 0 Å². The fraction of sp³-hybridized carbons (Fsp3) is 0.545. The normalized spacial score (nSPS) is 18.0. The molecule has 2 aliphatic rings. The van der Waals surface area contributed by atoms with Crippen LogP contribution in [0.15, 0.2) is 24.3 Å². The number of nitriles is 1. The number of aliphatic carboxylic acids is 1. The van der Waals surface area contributed by atoms with E-state index in [0.717, 1.165) is 25.3 Å². The van der Waals surface area contributed by atoms with Crippen molar-refractivity contribution in [3.05, 3.63) is 35.4 Å². The van der Waals surface area contributed by atoms with E-state index in [-0.39, 0.29) is 0 Å². The van der Waals surface area contributed by atoms with Gasteiger partial charge < -0.3 is 15.7 Å². The van der Waals surface area contributed by atoms with E-state index in [1.54, 1.807) is 0 Å². The average Bonchev–Trinajstić information content (AvgIpc) is 2.73. The van der Waals surface area contributed by atoms with Gasteiger partial charge in [0.15, 0.2) is 0 Å². The van der Waals surface area contributed by atoms with Crippen molar-refractivity contribution in [2.75, 3.05) is 25.4 Å². The maximum Gasteiger partial charge on any atom is 0.490 e. The zero-order valence-electron chi connectivity index (χ0n) is 16.9. The topological polar surface area (TPSA) is 90.4 Å². The number of hydrogen-bond acceptors (Lipinski definition) is 4. The largest absolute Gasteiger partial charge is 0.490 e. The summed E-state index contributed by atoms with van der Waals surface area (Å²) in [6, 6.07) is 8.91. The molecule has 30 heavy (non-hydrogen) atoms. The molecule has 0 aromatic heterocycles. The number of halogens is 3. The fourth-order valence-corrected chi connectivity index (χ4v) is 3.89. The minimum Gasteiger partial charge on any atom is -0.475 e. The van der Waals surface area contributed by atoms with Crippen LogP contribution in [0, 0.1) is 11.3 Å². The number of hydrogen-bond donors (Lipinski definition) is 2. The molecule has 1 aromatic carbocycles. The lowest BCUT2D eigenvalue weighted by atomic mass is 9.85. The van der Waals surface area contributed by atoms with Crippen LogP contribution in [0.2, 0.25) is 0 Å². The van der Waals surface area contributed by atoms with Gasteiger partial charge in [0.1, 0.15) is 0 Å². The van der Waals surface area contributed by atoms with E-state index in [9.17, 15) is 13.2 Å². The molecule has 1 saturated heterocycles. The van der Waals surface area contributed by atoms with Gasteiger partial charge in [-0.05, 0) is 80.8 Å². The molecule has 3 rings (SSSR count). The number of anilines is 1. The number of likely N-dealkylation sites (tertiary alicyclic amines) is 1. The highest BCUT2D eigenvalue weighted by atomic mass is 19.4. The van der Waals surface area contributed by atoms with Crippen LogP contribution >= 0.6 is 0 Å². The van der Waals surface area contributed by atoms with Gasteiger partial charge in [0.25, 0.3) is 0 Å². The van der Waals surface area contributed by atoms with Crippen LogP contribution in [0.1, 0.15) is 62.0 Å². The monoisotopic (exact) mass is 423 g/mol. The summed E-state index contributed by atoms with van der Waals surface area (Å²) in [5, 5.41) is 15.8. The maximum absolute atomic E-state index is 10.6. The summed E-state index contributed by atoms with van der Waals surface area (Å²) in [5.41, 5.74) is 11.3. The Balaban J connectivity index is 0.000000396. The quantitative estimate of drug-likeness (QED) is 0.669. The second-order valence-electron chi connectivity index (χ2n) is 7.65. The van der Waals surface area contributed by atoms with E-state index in [0.29, 0.717) is 12.3 Å². The number of carbonyl (C=O) groups is 1. The predicted octanol–water partition coefficient (Wildman–Crippen LogP) is 4.95. The molecule has 164 valence electrons. The van der Waals surface area contributed by atoms with Crippen molar-refractivity contribution in [1.82, 2.24) is 4.90 Å². The molecule has 1 fully saturated rings. The van der Waals surface area contributed by atoms with Gasteiger partial charge in [0.2, 0.25) is 0 Å². The van der Waals surface area contributed by atoms with Crippen molar-refractivity contribution in [2.24, 2.45) is 0 Å². The summed E-state index contributed by atoms with van der Waals surface area (Å²) in [5.74, 6) is -2.12. The third-order valence-corrected chi connectivity index (χ3v) is 5.56. The van der Waals surface area contributed by atoms with E-state index < -0.39 is 12.1 Å². The van der Waals surface area contributed by atoms with Crippen molar-refractivity contribution in [3.8, 4) is 6.07 Å². The lowest BCUT2D eigenvalue weighted by Crippen LogP contribution is -2.33. The van der Waals surface area contributed by atoms with Crippen LogP contribution in [0.3, 0.4) is 0 Å². The van der Waals surface area contributed by atoms with E-state index in [4.69, 9.17) is 20.9 Å². The van der Waals surface area contributed by atoms with Crippen molar-refractivity contribution >= 4 is 17.2 Å². The Kier molecular flexibility index (Phi) is 8.72. The minimum atomic E-state index is -5.08. The Morgan fingerprint density at radius 2 is 1.93 bits per heavy atom. The lowest BCUT2D eigenvalue weighted by Gasteiger charge is -2.32. The van der Waals surface area contributed by atoms with E-state index in [1.165, 1.54) is 55.2 Å². The van der Waals surface area contributed by atoms with Gasteiger partial charge in [-0.3, -0.25) is 0 Å². The van der Waals surface area contributed by atoms with Crippen LogP contribution in [-0.4, -0.2) is 41.8 Å². The van der Waals surface area contributed by atoms with Gasteiger partial charge in [0, 0.05) is 24.2 Å². The summed E-state index contributed by atoms with van der Waals surface area (Å²) in [6.07, 6.45) is 5.27. The van der Waals surface area contributed by atoms with E-state index in [2.05, 4.69) is 35.2 Å². The van der Waals surface area contributed by atoms with Crippen molar-refractivity contribution < 1.29 is 23.1 Å². The summed E-state index contributed by atoms with van der Waals surface area (Å²) in [6.45, 7) is 3.13. The number of benzene rings is 1. The Labute approximate surface area is 175 Å². The molecule has 1 aliphatic carbocycles. The molecule has 1 heterocycles. The predicted molar refractivity (Wildman–Crippen MR) is 110 cm³/mol. The number of carboxylic acid groups (broad SMARTS) is 1. The SMILES string of the molecule is N#CCCN1CCC(c2ccc(N)c(C3=CCCCC3)c2)CC1.O=C(O)C(F)(F)F. The zero-order valence-corrected chi connectivity index (χ0v) is 16.9. The first-order valence-electron chi connectivity index (χ1n) is 10.2. The summed E-state index contributed by atoms with van der Waals surface area (Å²) < 4.78 is 31.7. The molecule has 0 bridgehead atoms. The molecule has 1 aromatic rings. The van der Waals surface area contributed by atoms with Crippen LogP contribution < -0.4 is 5.73 Å². The van der Waals surface area contributed by atoms with Crippen LogP contribution in [0.4, 0.5) is 18.9 Å². The highest BCUT2D eigenvalue weighted by Crippen LogP contribution is 2.35. The Morgan fingerprint density at radius 1 is 1.27 bits per heavy atom. The number of alkyl halides is 3. The van der Waals surface area contributed by atoms with E-state index >= 15 is 0 Å². The number of nitrogens with zero attached hydrogens (tertiary/aromatic N) is 2. The lowest BCUT2D eigenvalue weighted by molar-refractivity contribution is -0.192. The van der Waals surface area contributed by atoms with Crippen LogP contribution in [0.5, 0.6) is 0 Å². The summed E-state index contributed by atoms with van der Waals surface area (Å²) in [4.78, 5) is 11.3. The number of carboxylic acids is 1. The Morgan fingerprint density at radius 3 is 2.47 bits per heavy atom. The molecular formula is C22H28F3N3O2. The van der Waals surface area contributed by atoms with Gasteiger partial charge in [-0.2, -0.15) is 18.4 Å². The molecule has 0 unspecified atom stereocenters. The van der Waals surface area contributed by atoms with Crippen molar-refractivity contribution in [2.45, 2.75) is 57.0 Å². The Hall–Kier alpha value is -2.53. The second-order valence-corrected chi connectivity index (χ2v) is 7.65. The third-order valence-electron chi connectivity index (χ3n) is 5.56. The molecule has 0 saturated carbocycles. The number of nitrogen functional groups attached to an aromatic ring is 1. The second kappa shape index (κ2) is 11.0. The van der Waals surface area contributed by atoms with Crippen LogP contribution in [0.25, 0.3) is 5.57 Å². The minimum absolute atomic E-state index is 0.636. The number of nitrogens with two attached hydrogens (primary N) is 1. The average molecular weight is 423 g/mol. The van der Waals surface area contributed by atoms with Crippen molar-refractivity contribution in [1.29, 1.82) is 5.26 Å². The molecule has 0 atom stereocenters. The molecule has 0 spiro atoms. The maximum atomic E-state index is 10.6. The zero-order chi connectivity index (χ0) is 22.1. The van der Waals surface area contributed by atoms with Crippen LogP contribution in [-0.2, 0) is 4.79 Å². The summed E-state index contributed by atoms with van der Waals surface area (Å²) in [7, 11) is 0.